The molecule has 0 aliphatic heterocycles. The van der Waals surface area contributed by atoms with Gasteiger partial charge in [-0.05, 0) is 38.8 Å². The molecule has 1 aromatic rings. The Kier molecular flexibility index (Phi) is 3.71. The van der Waals surface area contributed by atoms with Crippen molar-refractivity contribution in [1.82, 2.24) is 10.2 Å². The monoisotopic (exact) mass is 248 g/mol. The topological polar surface area (TPSA) is 28.4 Å². The quantitative estimate of drug-likeness (QED) is 0.839. The molecular weight excluding hydrogens is 224 g/mol. The van der Waals surface area contributed by atoms with E-state index in [1.807, 2.05) is 6.26 Å². The molecule has 0 unspecified atom stereocenters. The molecule has 1 N–H and O–H groups in total. The predicted molar refractivity (Wildman–Crippen MR) is 72.3 cm³/mol. The number of nitrogens with one attached hydrogen (secondary N) is 1. The number of nitrogens with zero attached hydrogens (tertiary/aromatic N) is 1. The van der Waals surface area contributed by atoms with Crippen molar-refractivity contribution >= 4 is 0 Å². The lowest BCUT2D eigenvalue weighted by atomic mass is 10.1. The van der Waals surface area contributed by atoms with Crippen LogP contribution in [0.4, 0.5) is 0 Å². The zero-order chi connectivity index (χ0) is 12.4. The van der Waals surface area contributed by atoms with Crippen LogP contribution in [0, 0.1) is 0 Å². The number of furan rings is 1. The molecule has 0 aromatic carbocycles. The van der Waals surface area contributed by atoms with Crippen LogP contribution in [-0.2, 0) is 13.1 Å². The average molecular weight is 248 g/mol. The lowest BCUT2D eigenvalue weighted by Crippen LogP contribution is -2.29. The van der Waals surface area contributed by atoms with E-state index < -0.39 is 0 Å². The second-order valence-electron chi connectivity index (χ2n) is 5.88. The third kappa shape index (κ3) is 2.96. The summed E-state index contributed by atoms with van der Waals surface area (Å²) in [5, 5.41) is 3.53. The molecule has 0 bridgehead atoms. The van der Waals surface area contributed by atoms with Crippen LogP contribution in [0.2, 0.25) is 0 Å². The Labute approximate surface area is 110 Å². The van der Waals surface area contributed by atoms with Gasteiger partial charge in [-0.15, -0.1) is 0 Å². The summed E-state index contributed by atoms with van der Waals surface area (Å²) in [6.45, 7) is 1.92. The summed E-state index contributed by atoms with van der Waals surface area (Å²) in [5.74, 6) is 1.13. The Hall–Kier alpha value is -0.800. The molecule has 2 aliphatic rings. The molecular formula is C15H24N2O. The van der Waals surface area contributed by atoms with Gasteiger partial charge in [0.2, 0.25) is 0 Å². The number of hydrogen-bond acceptors (Lipinski definition) is 3. The molecule has 0 saturated heterocycles. The van der Waals surface area contributed by atoms with Gasteiger partial charge in [-0.3, -0.25) is 4.90 Å². The lowest BCUT2D eigenvalue weighted by Gasteiger charge is -2.23. The van der Waals surface area contributed by atoms with E-state index in [-0.39, 0.29) is 0 Å². The van der Waals surface area contributed by atoms with Crippen LogP contribution in [0.5, 0.6) is 0 Å². The van der Waals surface area contributed by atoms with Crippen LogP contribution >= 0.6 is 0 Å². The van der Waals surface area contributed by atoms with Gasteiger partial charge in [0.1, 0.15) is 5.76 Å². The van der Waals surface area contributed by atoms with E-state index in [1.54, 1.807) is 0 Å². The first kappa shape index (κ1) is 12.2. The van der Waals surface area contributed by atoms with Crippen LogP contribution in [0.15, 0.2) is 16.7 Å². The molecule has 18 heavy (non-hydrogen) atoms. The summed E-state index contributed by atoms with van der Waals surface area (Å²) in [6.07, 6.45) is 10.0. The lowest BCUT2D eigenvalue weighted by molar-refractivity contribution is 0.235. The zero-order valence-electron chi connectivity index (χ0n) is 11.3. The fraction of sp³-hybridized carbons (Fsp3) is 0.733. The van der Waals surface area contributed by atoms with Gasteiger partial charge in [0, 0.05) is 24.2 Å². The number of hydrogen-bond donors (Lipinski definition) is 1. The van der Waals surface area contributed by atoms with Crippen LogP contribution in [-0.4, -0.2) is 24.0 Å². The molecule has 3 rings (SSSR count). The van der Waals surface area contributed by atoms with Gasteiger partial charge in [0.15, 0.2) is 0 Å². The van der Waals surface area contributed by atoms with Crippen LogP contribution < -0.4 is 5.32 Å². The van der Waals surface area contributed by atoms with E-state index in [0.29, 0.717) is 0 Å². The predicted octanol–water partition coefficient (Wildman–Crippen LogP) is 2.91. The highest BCUT2D eigenvalue weighted by Gasteiger charge is 2.23. The highest BCUT2D eigenvalue weighted by atomic mass is 16.3. The van der Waals surface area contributed by atoms with Crippen LogP contribution in [0.3, 0.4) is 0 Å². The molecule has 2 fully saturated rings. The van der Waals surface area contributed by atoms with E-state index in [1.165, 1.54) is 44.1 Å². The van der Waals surface area contributed by atoms with Crippen molar-refractivity contribution in [3.8, 4) is 0 Å². The molecule has 2 aliphatic carbocycles. The van der Waals surface area contributed by atoms with Crippen molar-refractivity contribution in [3.63, 3.8) is 0 Å². The number of rotatable bonds is 6. The van der Waals surface area contributed by atoms with Crippen molar-refractivity contribution in [3.05, 3.63) is 23.7 Å². The van der Waals surface area contributed by atoms with E-state index >= 15 is 0 Å². The summed E-state index contributed by atoms with van der Waals surface area (Å²) in [6, 6.07) is 3.66. The minimum Gasteiger partial charge on any atom is -0.468 e. The Morgan fingerprint density at radius 1 is 1.28 bits per heavy atom. The van der Waals surface area contributed by atoms with E-state index in [2.05, 4.69) is 23.3 Å². The minimum absolute atomic E-state index is 0.746. The third-order valence-electron chi connectivity index (χ3n) is 4.33. The van der Waals surface area contributed by atoms with Crippen molar-refractivity contribution < 1.29 is 4.42 Å². The SMILES string of the molecule is CN(Cc1ccoc1CNC1CC1)C1CCCC1. The summed E-state index contributed by atoms with van der Waals surface area (Å²) in [5.41, 5.74) is 1.36. The maximum Gasteiger partial charge on any atom is 0.122 e. The largest absolute Gasteiger partial charge is 0.468 e. The Morgan fingerprint density at radius 3 is 2.78 bits per heavy atom. The van der Waals surface area contributed by atoms with E-state index in [4.69, 9.17) is 4.42 Å². The fourth-order valence-corrected chi connectivity index (χ4v) is 2.93. The second-order valence-corrected chi connectivity index (χ2v) is 5.88. The first-order chi connectivity index (χ1) is 8.83. The van der Waals surface area contributed by atoms with E-state index in [9.17, 15) is 0 Å². The molecule has 2 saturated carbocycles. The molecule has 0 atom stereocenters. The Bertz CT molecular complexity index is 378. The van der Waals surface area contributed by atoms with Crippen LogP contribution in [0.25, 0.3) is 0 Å². The maximum atomic E-state index is 5.62. The minimum atomic E-state index is 0.746. The normalized spacial score (nSPS) is 21.0. The molecule has 0 spiro atoms. The summed E-state index contributed by atoms with van der Waals surface area (Å²) >= 11 is 0. The van der Waals surface area contributed by atoms with Crippen LogP contribution in [0.1, 0.15) is 49.8 Å². The molecule has 0 radical (unpaired) electrons. The van der Waals surface area contributed by atoms with Gasteiger partial charge in [-0.1, -0.05) is 12.8 Å². The van der Waals surface area contributed by atoms with Gasteiger partial charge in [-0.25, -0.2) is 0 Å². The highest BCUT2D eigenvalue weighted by molar-refractivity contribution is 5.17. The molecule has 0 amide bonds. The second kappa shape index (κ2) is 5.45. The maximum absolute atomic E-state index is 5.62. The van der Waals surface area contributed by atoms with Gasteiger partial charge >= 0.3 is 0 Å². The highest BCUT2D eigenvalue weighted by Crippen LogP contribution is 2.25. The van der Waals surface area contributed by atoms with Gasteiger partial charge in [0.05, 0.1) is 12.8 Å². The van der Waals surface area contributed by atoms with Crippen molar-refractivity contribution in [2.45, 2.75) is 63.7 Å². The molecule has 3 nitrogen and oxygen atoms in total. The first-order valence-corrected chi connectivity index (χ1v) is 7.32. The van der Waals surface area contributed by atoms with Gasteiger partial charge < -0.3 is 9.73 Å². The summed E-state index contributed by atoms with van der Waals surface area (Å²) in [4.78, 5) is 2.50. The fourth-order valence-electron chi connectivity index (χ4n) is 2.93. The third-order valence-corrected chi connectivity index (χ3v) is 4.33. The smallest absolute Gasteiger partial charge is 0.122 e. The van der Waals surface area contributed by atoms with E-state index in [0.717, 1.165) is 30.9 Å². The van der Waals surface area contributed by atoms with Gasteiger partial charge in [0.25, 0.3) is 0 Å². The van der Waals surface area contributed by atoms with Crippen molar-refractivity contribution in [2.24, 2.45) is 0 Å². The van der Waals surface area contributed by atoms with Crippen molar-refractivity contribution in [1.29, 1.82) is 0 Å². The molecule has 100 valence electrons. The molecule has 1 heterocycles. The van der Waals surface area contributed by atoms with Crippen molar-refractivity contribution in [2.75, 3.05) is 7.05 Å². The zero-order valence-corrected chi connectivity index (χ0v) is 11.3. The average Bonchev–Trinajstić information content (AvgIpc) is 2.88. The summed E-state index contributed by atoms with van der Waals surface area (Å²) < 4.78 is 5.62. The Balaban J connectivity index is 1.55. The molecule has 3 heteroatoms. The standard InChI is InChI=1S/C15H24N2O/c1-17(14-4-2-3-5-14)11-12-8-9-18-15(12)10-16-13-6-7-13/h8-9,13-14,16H,2-7,10-11H2,1H3. The molecule has 1 aromatic heterocycles. The van der Waals surface area contributed by atoms with Gasteiger partial charge in [-0.2, -0.15) is 0 Å². The summed E-state index contributed by atoms with van der Waals surface area (Å²) in [7, 11) is 2.25. The Morgan fingerprint density at radius 2 is 2.06 bits per heavy atom. The first-order valence-electron chi connectivity index (χ1n) is 7.32.